The average molecular weight is 602 g/mol. The largest absolute Gasteiger partial charge is 0.440 e. The number of esters is 1. The van der Waals surface area contributed by atoms with Gasteiger partial charge in [0.15, 0.2) is 6.23 Å². The van der Waals surface area contributed by atoms with E-state index in [4.69, 9.17) is 4.74 Å². The van der Waals surface area contributed by atoms with Gasteiger partial charge in [-0.05, 0) is 35.4 Å². The molecule has 222 valence electrons. The van der Waals surface area contributed by atoms with Crippen LogP contribution in [-0.4, -0.2) is 59.3 Å². The van der Waals surface area contributed by atoms with Gasteiger partial charge in [0.25, 0.3) is 5.91 Å². The van der Waals surface area contributed by atoms with Crippen LogP contribution in [0.1, 0.15) is 30.1 Å². The Morgan fingerprint density at radius 2 is 1.77 bits per heavy atom. The first kappa shape index (κ1) is 29.5. The summed E-state index contributed by atoms with van der Waals surface area (Å²) < 4.78 is 34.9. The lowest BCUT2D eigenvalue weighted by Gasteiger charge is -2.23. The Kier molecular flexibility index (Phi) is 9.13. The van der Waals surface area contributed by atoms with Gasteiger partial charge in [0.2, 0.25) is 16.0 Å². The molecule has 2 aromatic heterocycles. The van der Waals surface area contributed by atoms with Crippen molar-refractivity contribution < 1.29 is 22.7 Å². The number of amides is 1. The molecule has 5 rings (SSSR count). The number of ether oxygens (including phenoxy) is 1. The standard InChI is InChI=1S/C30H31N7O5S/c1-2-6-27(35-30-31-15-16-32-30)42-29(39)26(19-33-28(38)22-9-10-23-18-34-36-25(23)17-22)37-43(40,41)24-13-11-21(12-14-24)20-7-4-3-5-8-20/h3-5,7-18,26-27,37H,2,6,19H2,1H3,(H,33,38)(H,34,36)(H2,31,32,35). The number of hydrogen-bond acceptors (Lipinski definition) is 8. The smallest absolute Gasteiger partial charge is 0.327 e. The van der Waals surface area contributed by atoms with E-state index in [1.54, 1.807) is 48.9 Å². The van der Waals surface area contributed by atoms with Gasteiger partial charge in [-0.1, -0.05) is 61.9 Å². The number of sulfonamides is 1. The summed E-state index contributed by atoms with van der Waals surface area (Å²) in [6.07, 6.45) is 5.10. The van der Waals surface area contributed by atoms with Crippen molar-refractivity contribution in [3.63, 3.8) is 0 Å². The van der Waals surface area contributed by atoms with Crippen LogP contribution < -0.4 is 15.4 Å². The number of aromatic amines is 2. The molecule has 2 atom stereocenters. The summed E-state index contributed by atoms with van der Waals surface area (Å²) >= 11 is 0. The van der Waals surface area contributed by atoms with Crippen molar-refractivity contribution in [2.24, 2.45) is 0 Å². The summed E-state index contributed by atoms with van der Waals surface area (Å²) in [4.78, 5) is 33.3. The zero-order valence-electron chi connectivity index (χ0n) is 23.3. The Labute approximate surface area is 248 Å². The second kappa shape index (κ2) is 13.3. The second-order valence-corrected chi connectivity index (χ2v) is 11.5. The maximum absolute atomic E-state index is 13.4. The van der Waals surface area contributed by atoms with Crippen molar-refractivity contribution >= 4 is 38.8 Å². The van der Waals surface area contributed by atoms with E-state index in [0.717, 1.165) is 16.5 Å². The highest BCUT2D eigenvalue weighted by Gasteiger charge is 2.30. The van der Waals surface area contributed by atoms with Crippen molar-refractivity contribution in [1.29, 1.82) is 0 Å². The first-order valence-corrected chi connectivity index (χ1v) is 15.2. The molecule has 1 amide bonds. The molecule has 0 radical (unpaired) electrons. The molecule has 2 heterocycles. The number of carbonyl (C=O) groups excluding carboxylic acids is 2. The molecule has 12 nitrogen and oxygen atoms in total. The summed E-state index contributed by atoms with van der Waals surface area (Å²) in [6, 6.07) is 19.4. The van der Waals surface area contributed by atoms with Crippen LogP contribution in [0.4, 0.5) is 5.95 Å². The minimum atomic E-state index is -4.19. The Bertz CT molecular complexity index is 1770. The molecule has 5 aromatic rings. The highest BCUT2D eigenvalue weighted by Crippen LogP contribution is 2.21. The summed E-state index contributed by atoms with van der Waals surface area (Å²) in [5.41, 5.74) is 2.74. The number of aromatic nitrogens is 4. The van der Waals surface area contributed by atoms with Crippen LogP contribution in [0.5, 0.6) is 0 Å². The number of benzene rings is 3. The number of imidazole rings is 1. The fourth-order valence-corrected chi connectivity index (χ4v) is 5.59. The van der Waals surface area contributed by atoms with E-state index in [-0.39, 0.29) is 11.4 Å². The van der Waals surface area contributed by atoms with Crippen LogP contribution in [-0.2, 0) is 19.6 Å². The van der Waals surface area contributed by atoms with E-state index >= 15 is 0 Å². The molecule has 2 unspecified atom stereocenters. The first-order chi connectivity index (χ1) is 20.8. The topological polar surface area (TPSA) is 171 Å². The van der Waals surface area contributed by atoms with Crippen LogP contribution in [0.3, 0.4) is 0 Å². The number of rotatable bonds is 13. The highest BCUT2D eigenvalue weighted by molar-refractivity contribution is 7.89. The second-order valence-electron chi connectivity index (χ2n) is 9.74. The van der Waals surface area contributed by atoms with Crippen molar-refractivity contribution in [3.8, 4) is 11.1 Å². The van der Waals surface area contributed by atoms with E-state index in [1.807, 2.05) is 37.3 Å². The number of nitrogens with zero attached hydrogens (tertiary/aromatic N) is 2. The molecular formula is C30H31N7O5S. The third-order valence-corrected chi connectivity index (χ3v) is 8.12. The van der Waals surface area contributed by atoms with Crippen molar-refractivity contribution in [1.82, 2.24) is 30.2 Å². The molecule has 0 aliphatic rings. The van der Waals surface area contributed by atoms with Crippen LogP contribution in [0, 0.1) is 0 Å². The number of fused-ring (bicyclic) bond motifs is 1. The van der Waals surface area contributed by atoms with Gasteiger partial charge in [-0.3, -0.25) is 14.7 Å². The summed E-state index contributed by atoms with van der Waals surface area (Å²) in [6.45, 7) is 1.56. The normalized spacial score (nSPS) is 12.9. The van der Waals surface area contributed by atoms with Gasteiger partial charge in [0, 0.05) is 36.3 Å². The van der Waals surface area contributed by atoms with Gasteiger partial charge in [-0.25, -0.2) is 13.4 Å². The monoisotopic (exact) mass is 601 g/mol. The molecule has 0 aliphatic carbocycles. The van der Waals surface area contributed by atoms with E-state index in [0.29, 0.717) is 29.9 Å². The molecule has 0 saturated heterocycles. The molecule has 0 spiro atoms. The van der Waals surface area contributed by atoms with Crippen molar-refractivity contribution in [2.45, 2.75) is 36.9 Å². The predicted molar refractivity (Wildman–Crippen MR) is 161 cm³/mol. The quantitative estimate of drug-likeness (QED) is 0.100. The van der Waals surface area contributed by atoms with Crippen LogP contribution >= 0.6 is 0 Å². The predicted octanol–water partition coefficient (Wildman–Crippen LogP) is 3.81. The van der Waals surface area contributed by atoms with Gasteiger partial charge in [-0.2, -0.15) is 9.82 Å². The van der Waals surface area contributed by atoms with E-state index in [2.05, 4.69) is 35.5 Å². The SMILES string of the molecule is CCCC(Nc1ncc[nH]1)OC(=O)C(CNC(=O)c1ccc2cn[nH]c2c1)NS(=O)(=O)c1ccc(-c2ccccc2)cc1. The Morgan fingerprint density at radius 1 is 1.00 bits per heavy atom. The van der Waals surface area contributed by atoms with Crippen molar-refractivity contribution in [3.05, 3.63) is 97.0 Å². The number of hydrogen-bond donors (Lipinski definition) is 5. The number of H-pyrrole nitrogens is 2. The molecule has 0 saturated carbocycles. The van der Waals surface area contributed by atoms with Gasteiger partial charge in [0.1, 0.15) is 6.04 Å². The van der Waals surface area contributed by atoms with Gasteiger partial charge in [0.05, 0.1) is 16.6 Å². The molecule has 43 heavy (non-hydrogen) atoms. The summed E-state index contributed by atoms with van der Waals surface area (Å²) in [7, 11) is -4.19. The molecular weight excluding hydrogens is 570 g/mol. The third-order valence-electron chi connectivity index (χ3n) is 6.63. The lowest BCUT2D eigenvalue weighted by atomic mass is 10.1. The van der Waals surface area contributed by atoms with Gasteiger partial charge in [-0.15, -0.1) is 0 Å². The minimum Gasteiger partial charge on any atom is -0.440 e. The maximum atomic E-state index is 13.4. The minimum absolute atomic E-state index is 0.0418. The third kappa shape index (κ3) is 7.45. The van der Waals surface area contributed by atoms with Crippen LogP contribution in [0.2, 0.25) is 0 Å². The fraction of sp³-hybridized carbons (Fsp3) is 0.200. The molecule has 3 aromatic carbocycles. The van der Waals surface area contributed by atoms with E-state index in [1.165, 1.54) is 12.1 Å². The molecule has 0 fully saturated rings. The maximum Gasteiger partial charge on any atom is 0.327 e. The number of anilines is 1. The number of nitrogens with one attached hydrogen (secondary N) is 5. The molecule has 13 heteroatoms. The Morgan fingerprint density at radius 3 is 2.49 bits per heavy atom. The zero-order valence-corrected chi connectivity index (χ0v) is 24.1. The Hall–Kier alpha value is -5.01. The van der Waals surface area contributed by atoms with E-state index in [9.17, 15) is 18.0 Å². The lowest BCUT2D eigenvalue weighted by Crippen LogP contribution is -2.50. The zero-order chi connectivity index (χ0) is 30.2. The van der Waals surface area contributed by atoms with Crippen LogP contribution in [0.15, 0.2) is 96.3 Å². The number of carbonyl (C=O) groups is 2. The Balaban J connectivity index is 1.34. The van der Waals surface area contributed by atoms with Gasteiger partial charge >= 0.3 is 5.97 Å². The summed E-state index contributed by atoms with van der Waals surface area (Å²) in [5.74, 6) is -0.977. The molecule has 0 aliphatic heterocycles. The van der Waals surface area contributed by atoms with Crippen LogP contribution in [0.25, 0.3) is 22.0 Å². The molecule has 5 N–H and O–H groups in total. The van der Waals surface area contributed by atoms with Gasteiger partial charge < -0.3 is 20.4 Å². The summed E-state index contributed by atoms with van der Waals surface area (Å²) in [5, 5.41) is 13.2. The average Bonchev–Trinajstić information content (AvgIpc) is 3.71. The van der Waals surface area contributed by atoms with E-state index < -0.39 is 34.2 Å². The van der Waals surface area contributed by atoms with Crippen molar-refractivity contribution in [2.75, 3.05) is 11.9 Å². The highest BCUT2D eigenvalue weighted by atomic mass is 32.2. The first-order valence-electron chi connectivity index (χ1n) is 13.7. The molecule has 0 bridgehead atoms. The lowest BCUT2D eigenvalue weighted by molar-refractivity contribution is -0.149. The fourth-order valence-electron chi connectivity index (χ4n) is 4.40.